The Kier molecular flexibility index (Phi) is 6.09. The molecule has 0 saturated carbocycles. The Morgan fingerprint density at radius 3 is 3.00 bits per heavy atom. The second-order valence-corrected chi connectivity index (χ2v) is 14.7. The van der Waals surface area contributed by atoms with Crippen LogP contribution in [-0.2, 0) is 4.74 Å². The van der Waals surface area contributed by atoms with Gasteiger partial charge in [-0.3, -0.25) is 0 Å². The first-order valence-corrected chi connectivity index (χ1v) is 17.6. The van der Waals surface area contributed by atoms with Crippen molar-refractivity contribution in [3.63, 3.8) is 0 Å². The Balaban J connectivity index is 1.49. The third kappa shape index (κ3) is 3.90. The van der Waals surface area contributed by atoms with Gasteiger partial charge in [-0.25, -0.2) is 0 Å². The molecule has 155 valence electrons. The van der Waals surface area contributed by atoms with Crippen LogP contribution in [0.5, 0.6) is 0 Å². The average Bonchev–Trinajstić information content (AvgIpc) is 3.34. The van der Waals surface area contributed by atoms with Gasteiger partial charge in [0.25, 0.3) is 0 Å². The molecule has 2 fully saturated rings. The van der Waals surface area contributed by atoms with E-state index in [1.54, 1.807) is 0 Å². The van der Waals surface area contributed by atoms with Gasteiger partial charge in [0.05, 0.1) is 0 Å². The van der Waals surface area contributed by atoms with E-state index in [0.29, 0.717) is 24.5 Å². The first-order chi connectivity index (χ1) is 14.7. The van der Waals surface area contributed by atoms with Crippen molar-refractivity contribution in [3.05, 3.63) is 60.4 Å². The van der Waals surface area contributed by atoms with Crippen molar-refractivity contribution in [2.24, 2.45) is 5.92 Å². The molecule has 0 bridgehead atoms. The number of hydrogen-bond donors (Lipinski definition) is 1. The van der Waals surface area contributed by atoms with Gasteiger partial charge in [0.15, 0.2) is 0 Å². The van der Waals surface area contributed by atoms with Crippen LogP contribution in [0.4, 0.5) is 5.82 Å². The fraction of sp³-hybridized carbons (Fsp3) is 0.500. The summed E-state index contributed by atoms with van der Waals surface area (Å²) in [6, 6.07) is 0. The van der Waals surface area contributed by atoms with Gasteiger partial charge in [-0.15, -0.1) is 0 Å². The number of rotatable bonds is 7. The van der Waals surface area contributed by atoms with Crippen LogP contribution in [0, 0.1) is 5.92 Å². The van der Waals surface area contributed by atoms with Crippen LogP contribution in [0.2, 0.25) is 7.96 Å². The first kappa shape index (κ1) is 20.4. The molecule has 6 heteroatoms. The molecule has 30 heavy (non-hydrogen) atoms. The fourth-order valence-electron chi connectivity index (χ4n) is 4.90. The quantitative estimate of drug-likeness (QED) is 0.372. The molecule has 2 aromatic heterocycles. The summed E-state index contributed by atoms with van der Waals surface area (Å²) in [4.78, 5) is 9.93. The molecule has 5 nitrogen and oxygen atoms in total. The van der Waals surface area contributed by atoms with Crippen molar-refractivity contribution in [1.82, 2.24) is 14.4 Å². The number of hydrogen-bond acceptors (Lipinski definition) is 4. The van der Waals surface area contributed by atoms with E-state index in [2.05, 4.69) is 52.6 Å². The molecule has 0 radical (unpaired) electrons. The van der Waals surface area contributed by atoms with Crippen LogP contribution >= 0.6 is 0 Å². The van der Waals surface area contributed by atoms with Crippen LogP contribution in [0.15, 0.2) is 48.8 Å². The van der Waals surface area contributed by atoms with Gasteiger partial charge >= 0.3 is 178 Å². The average molecular weight is 595 g/mol. The van der Waals surface area contributed by atoms with Crippen molar-refractivity contribution in [2.45, 2.75) is 52.1 Å². The number of anilines is 1. The summed E-state index contributed by atoms with van der Waals surface area (Å²) in [6.45, 7) is 7.79. The van der Waals surface area contributed by atoms with Crippen LogP contribution in [0.3, 0.4) is 0 Å². The summed E-state index contributed by atoms with van der Waals surface area (Å²) in [5.74, 6) is 3.51. The molecule has 2 saturated heterocycles. The Hall–Kier alpha value is -1.48. The van der Waals surface area contributed by atoms with E-state index in [9.17, 15) is 0 Å². The van der Waals surface area contributed by atoms with Gasteiger partial charge in [0.1, 0.15) is 0 Å². The molecule has 3 atom stereocenters. The number of nitrogens with zero attached hydrogens (tertiary/aromatic N) is 3. The Morgan fingerprint density at radius 2 is 2.30 bits per heavy atom. The summed E-state index contributed by atoms with van der Waals surface area (Å²) in [5.41, 5.74) is 3.72. The number of aromatic nitrogens is 3. The van der Waals surface area contributed by atoms with Gasteiger partial charge in [0, 0.05) is 6.61 Å². The molecule has 1 N–H and O–H groups in total. The van der Waals surface area contributed by atoms with Gasteiger partial charge < -0.3 is 0 Å². The third-order valence-electron chi connectivity index (χ3n) is 6.65. The second-order valence-electron chi connectivity index (χ2n) is 8.80. The van der Waals surface area contributed by atoms with E-state index < -0.39 is 24.2 Å². The Bertz CT molecular complexity index is 984. The topological polar surface area (TPSA) is 51.5 Å². The van der Waals surface area contributed by atoms with Crippen molar-refractivity contribution < 1.29 is 4.74 Å². The molecule has 0 spiro atoms. The summed E-state index contributed by atoms with van der Waals surface area (Å²) < 4.78 is 11.1. The molecule has 2 aliphatic heterocycles. The van der Waals surface area contributed by atoms with E-state index in [-0.39, 0.29) is 5.92 Å². The minimum atomic E-state index is -0.427. The molecule has 5 rings (SSSR count). The molecule has 0 aromatic carbocycles. The SMILES string of the molecule is C=CCNc1nccn2c(C3[CH2][Tl][CH2]3)nc(C3C=CC(CC4CCCO4)=CC3C)c12. The molecule has 3 unspecified atom stereocenters. The van der Waals surface area contributed by atoms with E-state index in [1.807, 2.05) is 12.3 Å². The van der Waals surface area contributed by atoms with Crippen LogP contribution in [0.1, 0.15) is 49.5 Å². The van der Waals surface area contributed by atoms with Gasteiger partial charge in [0.2, 0.25) is 0 Å². The molecular weight excluding hydrogens is 565 g/mol. The number of imidazole rings is 1. The third-order valence-corrected chi connectivity index (χ3v) is 13.7. The minimum absolute atomic E-state index is 0.277. The second kappa shape index (κ2) is 8.94. The first-order valence-electron chi connectivity index (χ1n) is 11.3. The molecule has 1 aliphatic carbocycles. The molecule has 2 aromatic rings. The van der Waals surface area contributed by atoms with Crippen LogP contribution < -0.4 is 5.32 Å². The van der Waals surface area contributed by atoms with Gasteiger partial charge in [-0.2, -0.15) is 0 Å². The van der Waals surface area contributed by atoms with E-state index in [1.165, 1.54) is 37.9 Å². The zero-order valence-corrected chi connectivity index (χ0v) is 22.2. The summed E-state index contributed by atoms with van der Waals surface area (Å²) >= 11 is -0.427. The van der Waals surface area contributed by atoms with Crippen molar-refractivity contribution in [2.75, 3.05) is 18.5 Å². The monoisotopic (exact) mass is 595 g/mol. The van der Waals surface area contributed by atoms with Crippen molar-refractivity contribution in [3.8, 4) is 0 Å². The summed E-state index contributed by atoms with van der Waals surface area (Å²) in [5, 5.41) is 3.44. The zero-order chi connectivity index (χ0) is 20.5. The normalized spacial score (nSPS) is 26.0. The molecule has 0 amide bonds. The maximum absolute atomic E-state index is 5.85. The number of nitrogens with one attached hydrogen (secondary N) is 1. The van der Waals surface area contributed by atoms with Crippen LogP contribution in [-0.4, -0.2) is 57.9 Å². The van der Waals surface area contributed by atoms with E-state index in [4.69, 9.17) is 9.72 Å². The van der Waals surface area contributed by atoms with Gasteiger partial charge in [-0.05, 0) is 6.42 Å². The predicted octanol–water partition coefficient (Wildman–Crippen LogP) is 4.75. The number of fused-ring (bicyclic) bond motifs is 1. The number of allylic oxidation sites excluding steroid dienone is 3. The predicted molar refractivity (Wildman–Crippen MR) is 123 cm³/mol. The molecule has 4 heterocycles. The number of ether oxygens (including phenoxy) is 1. The van der Waals surface area contributed by atoms with Crippen molar-refractivity contribution >= 4 is 35.6 Å². The Labute approximate surface area is 190 Å². The maximum atomic E-state index is 5.85. The van der Waals surface area contributed by atoms with Gasteiger partial charge in [-0.1, -0.05) is 0 Å². The van der Waals surface area contributed by atoms with E-state index in [0.717, 1.165) is 24.4 Å². The molecular formula is C24H30N4OTl. The molecule has 3 aliphatic rings. The zero-order valence-electron chi connectivity index (χ0n) is 17.8. The van der Waals surface area contributed by atoms with Crippen LogP contribution in [0.25, 0.3) is 5.52 Å². The Morgan fingerprint density at radius 1 is 1.40 bits per heavy atom. The summed E-state index contributed by atoms with van der Waals surface area (Å²) in [7, 11) is 0. The van der Waals surface area contributed by atoms with E-state index >= 15 is 0 Å². The fourth-order valence-corrected chi connectivity index (χ4v) is 9.13. The van der Waals surface area contributed by atoms with Crippen molar-refractivity contribution in [1.29, 1.82) is 0 Å². The summed E-state index contributed by atoms with van der Waals surface area (Å²) in [6.07, 6.45) is 16.8. The standard InChI is InChI=1S/C24H30N4O.Tl/c1-5-10-25-23-22-21(27-24(16(2)3)28(22)12-11-26-23)20-9-8-18(14-17(20)4)15-19-7-6-13-29-19;/h5,8-9,11-12,14,16-17,19-20H,1-3,6-7,10,13,15H2,4H3,(H,25,26);.